The molecule has 1 unspecified atom stereocenters. The van der Waals surface area contributed by atoms with Crippen molar-refractivity contribution in [1.29, 1.82) is 0 Å². The van der Waals surface area contributed by atoms with Crippen LogP contribution in [0, 0.1) is 5.82 Å². The predicted octanol–water partition coefficient (Wildman–Crippen LogP) is 3.98. The van der Waals surface area contributed by atoms with Crippen molar-refractivity contribution in [2.24, 2.45) is 4.99 Å². The molecule has 1 saturated carbocycles. The largest absolute Gasteiger partial charge is 0.356 e. The molecule has 1 atom stereocenters. The second-order valence-electron chi connectivity index (χ2n) is 8.48. The average molecular weight is 511 g/mol. The van der Waals surface area contributed by atoms with Crippen LogP contribution < -0.4 is 10.6 Å². The molecule has 1 aromatic heterocycles. The Morgan fingerprint density at radius 1 is 1.38 bits per heavy atom. The molecule has 1 aromatic carbocycles. The molecule has 1 heterocycles. The van der Waals surface area contributed by atoms with E-state index in [1.807, 2.05) is 6.07 Å². The number of benzene rings is 1. The van der Waals surface area contributed by atoms with Crippen molar-refractivity contribution in [3.05, 3.63) is 53.1 Å². The number of fused-ring (bicyclic) bond motifs is 1. The number of aliphatic imine (C=N–C) groups is 1. The van der Waals surface area contributed by atoms with Gasteiger partial charge in [0.25, 0.3) is 0 Å². The molecule has 2 aliphatic carbocycles. The minimum Gasteiger partial charge on any atom is -0.356 e. The van der Waals surface area contributed by atoms with E-state index in [1.165, 1.54) is 17.3 Å². The molecule has 0 saturated heterocycles. The molecule has 0 aliphatic heterocycles. The smallest absolute Gasteiger partial charge is 0.191 e. The summed E-state index contributed by atoms with van der Waals surface area (Å²) < 4.78 is 15.7. The number of nitrogens with one attached hydrogen (secondary N) is 2. The highest BCUT2D eigenvalue weighted by Crippen LogP contribution is 2.47. The number of nitrogens with zero attached hydrogens (tertiary/aromatic N) is 3. The fraction of sp³-hybridized carbons (Fsp3) is 0.545. The van der Waals surface area contributed by atoms with Gasteiger partial charge in [0, 0.05) is 43.7 Å². The molecule has 158 valence electrons. The Balaban J connectivity index is 0.00000240. The van der Waals surface area contributed by atoms with Gasteiger partial charge in [-0.2, -0.15) is 5.10 Å². The fourth-order valence-corrected chi connectivity index (χ4v) is 4.08. The van der Waals surface area contributed by atoms with E-state index in [2.05, 4.69) is 40.4 Å². The predicted molar refractivity (Wildman–Crippen MR) is 126 cm³/mol. The third kappa shape index (κ3) is 4.92. The maximum atomic E-state index is 13.6. The van der Waals surface area contributed by atoms with Gasteiger partial charge in [0.2, 0.25) is 0 Å². The van der Waals surface area contributed by atoms with Gasteiger partial charge in [-0.1, -0.05) is 12.1 Å². The summed E-state index contributed by atoms with van der Waals surface area (Å²) in [5.74, 6) is 0.657. The summed E-state index contributed by atoms with van der Waals surface area (Å²) in [6, 6.07) is 7.72. The van der Waals surface area contributed by atoms with Gasteiger partial charge in [-0.3, -0.25) is 9.67 Å². The molecule has 0 radical (unpaired) electrons. The summed E-state index contributed by atoms with van der Waals surface area (Å²) >= 11 is 0. The van der Waals surface area contributed by atoms with E-state index in [1.54, 1.807) is 19.2 Å². The Morgan fingerprint density at radius 2 is 2.17 bits per heavy atom. The zero-order valence-electron chi connectivity index (χ0n) is 17.4. The molecule has 1 fully saturated rings. The van der Waals surface area contributed by atoms with Crippen LogP contribution in [0.5, 0.6) is 0 Å². The van der Waals surface area contributed by atoms with Crippen molar-refractivity contribution < 1.29 is 4.39 Å². The van der Waals surface area contributed by atoms with Gasteiger partial charge in [-0.25, -0.2) is 4.39 Å². The molecule has 2 N–H and O–H groups in total. The number of hydrogen-bond acceptors (Lipinski definition) is 2. The first kappa shape index (κ1) is 22.1. The van der Waals surface area contributed by atoms with E-state index >= 15 is 0 Å². The van der Waals surface area contributed by atoms with Gasteiger partial charge in [0.05, 0.1) is 5.69 Å². The molecule has 0 spiro atoms. The van der Waals surface area contributed by atoms with Gasteiger partial charge >= 0.3 is 0 Å². The summed E-state index contributed by atoms with van der Waals surface area (Å²) in [6.07, 6.45) is 7.40. The molecule has 0 bridgehead atoms. The van der Waals surface area contributed by atoms with Gasteiger partial charge in [-0.15, -0.1) is 24.0 Å². The SMILES string of the molecule is CN=C(NCC1(c2cccc(F)c2)CC1)NC1CCc2cn(C(C)C)nc2C1.I. The van der Waals surface area contributed by atoms with Crippen molar-refractivity contribution in [1.82, 2.24) is 20.4 Å². The fourth-order valence-electron chi connectivity index (χ4n) is 4.08. The third-order valence-electron chi connectivity index (χ3n) is 6.08. The van der Waals surface area contributed by atoms with Crippen LogP contribution in [0.4, 0.5) is 4.39 Å². The topological polar surface area (TPSA) is 54.2 Å². The lowest BCUT2D eigenvalue weighted by molar-refractivity contribution is 0.497. The maximum Gasteiger partial charge on any atom is 0.191 e. The van der Waals surface area contributed by atoms with Crippen LogP contribution >= 0.6 is 24.0 Å². The van der Waals surface area contributed by atoms with Gasteiger partial charge < -0.3 is 10.6 Å². The first-order chi connectivity index (χ1) is 13.5. The second-order valence-corrected chi connectivity index (χ2v) is 8.48. The molecule has 4 rings (SSSR count). The second kappa shape index (κ2) is 9.02. The van der Waals surface area contributed by atoms with E-state index in [4.69, 9.17) is 5.10 Å². The van der Waals surface area contributed by atoms with Crippen LogP contribution in [0.1, 0.15) is 56.0 Å². The normalized spacial score (nSPS) is 20.0. The number of guanidine groups is 1. The Kier molecular flexibility index (Phi) is 6.86. The van der Waals surface area contributed by atoms with Crippen molar-refractivity contribution in [3.63, 3.8) is 0 Å². The molecule has 2 aliphatic rings. The van der Waals surface area contributed by atoms with Crippen LogP contribution in [0.15, 0.2) is 35.5 Å². The standard InChI is InChI=1S/C22H30FN5.HI/c1-15(2)28-13-16-7-8-19(12-20(16)27-28)26-21(24-3)25-14-22(9-10-22)17-5-4-6-18(23)11-17;/h4-6,11,13,15,19H,7-10,12,14H2,1-3H3,(H2,24,25,26);1H. The summed E-state index contributed by atoms with van der Waals surface area (Å²) in [5.41, 5.74) is 3.69. The quantitative estimate of drug-likeness (QED) is 0.363. The Morgan fingerprint density at radius 3 is 2.83 bits per heavy atom. The van der Waals surface area contributed by atoms with Crippen LogP contribution in [0.2, 0.25) is 0 Å². The number of aromatic nitrogens is 2. The van der Waals surface area contributed by atoms with Crippen molar-refractivity contribution in [2.45, 2.75) is 63.5 Å². The highest BCUT2D eigenvalue weighted by molar-refractivity contribution is 14.0. The van der Waals surface area contributed by atoms with E-state index in [-0.39, 0.29) is 35.2 Å². The van der Waals surface area contributed by atoms with Gasteiger partial charge in [-0.05, 0) is 62.8 Å². The summed E-state index contributed by atoms with van der Waals surface area (Å²) in [7, 11) is 1.80. The van der Waals surface area contributed by atoms with Gasteiger partial charge in [0.15, 0.2) is 5.96 Å². The van der Waals surface area contributed by atoms with Crippen molar-refractivity contribution in [2.75, 3.05) is 13.6 Å². The van der Waals surface area contributed by atoms with Crippen LogP contribution in [0.25, 0.3) is 0 Å². The molecule has 0 amide bonds. The first-order valence-electron chi connectivity index (χ1n) is 10.3. The summed E-state index contributed by atoms with van der Waals surface area (Å²) in [5, 5.41) is 11.8. The van der Waals surface area contributed by atoms with E-state index < -0.39 is 0 Å². The minimum absolute atomic E-state index is 0. The molecule has 2 aromatic rings. The van der Waals surface area contributed by atoms with Crippen LogP contribution in [-0.4, -0.2) is 35.4 Å². The Labute approximate surface area is 189 Å². The van der Waals surface area contributed by atoms with E-state index in [9.17, 15) is 4.39 Å². The van der Waals surface area contributed by atoms with E-state index in [0.29, 0.717) is 12.1 Å². The summed E-state index contributed by atoms with van der Waals surface area (Å²) in [6.45, 7) is 5.09. The molecule has 7 heteroatoms. The van der Waals surface area contributed by atoms with Crippen molar-refractivity contribution in [3.8, 4) is 0 Å². The number of aryl methyl sites for hydroxylation is 1. The van der Waals surface area contributed by atoms with Crippen LogP contribution in [0.3, 0.4) is 0 Å². The lowest BCUT2D eigenvalue weighted by Crippen LogP contribution is -2.47. The van der Waals surface area contributed by atoms with E-state index in [0.717, 1.165) is 50.2 Å². The lowest BCUT2D eigenvalue weighted by Gasteiger charge is -2.26. The molecule has 5 nitrogen and oxygen atoms in total. The summed E-state index contributed by atoms with van der Waals surface area (Å²) in [4.78, 5) is 4.41. The molecular formula is C22H31FIN5. The zero-order chi connectivity index (χ0) is 19.7. The minimum atomic E-state index is -0.162. The zero-order valence-corrected chi connectivity index (χ0v) is 19.7. The third-order valence-corrected chi connectivity index (χ3v) is 6.08. The average Bonchev–Trinajstić information content (AvgIpc) is 3.35. The van der Waals surface area contributed by atoms with Crippen LogP contribution in [-0.2, 0) is 18.3 Å². The Bertz CT molecular complexity index is 872. The lowest BCUT2D eigenvalue weighted by atomic mass is 9.94. The van der Waals surface area contributed by atoms with Gasteiger partial charge in [0.1, 0.15) is 5.82 Å². The number of halogens is 2. The van der Waals surface area contributed by atoms with Crippen molar-refractivity contribution >= 4 is 29.9 Å². The highest BCUT2D eigenvalue weighted by atomic mass is 127. The highest BCUT2D eigenvalue weighted by Gasteiger charge is 2.44. The maximum absolute atomic E-state index is 13.6. The molecular weight excluding hydrogens is 480 g/mol. The monoisotopic (exact) mass is 511 g/mol. The number of hydrogen-bond donors (Lipinski definition) is 2. The number of rotatable bonds is 5. The molecule has 29 heavy (non-hydrogen) atoms. The first-order valence-corrected chi connectivity index (χ1v) is 10.3. The Hall–Kier alpha value is -1.64.